The molecule has 0 saturated carbocycles. The van der Waals surface area contributed by atoms with Gasteiger partial charge in [0.15, 0.2) is 0 Å². The van der Waals surface area contributed by atoms with E-state index in [2.05, 4.69) is 25.2 Å². The van der Waals surface area contributed by atoms with Gasteiger partial charge in [-0.05, 0) is 31.1 Å². The minimum atomic E-state index is -0.122. The first-order valence-corrected chi connectivity index (χ1v) is 9.76. The molecule has 0 aliphatic carbocycles. The number of carbonyl (C=O) groups excluding carboxylic acids is 1. The van der Waals surface area contributed by atoms with Crippen LogP contribution < -0.4 is 5.32 Å². The van der Waals surface area contributed by atoms with Crippen molar-refractivity contribution < 1.29 is 4.79 Å². The highest BCUT2D eigenvalue weighted by Crippen LogP contribution is 2.14. The maximum absolute atomic E-state index is 12.1. The van der Waals surface area contributed by atoms with Crippen LogP contribution in [-0.2, 0) is 24.2 Å². The number of hydrogen-bond acceptors (Lipinski definition) is 4. The number of para-hydroxylation sites is 1. The van der Waals surface area contributed by atoms with Gasteiger partial charge in [0.2, 0.25) is 5.91 Å². The molecular weight excluding hydrogens is 352 g/mol. The maximum Gasteiger partial charge on any atom is 0.244 e. The summed E-state index contributed by atoms with van der Waals surface area (Å²) in [5.41, 5.74) is 1.86. The molecule has 0 atom stereocenters. The van der Waals surface area contributed by atoms with Crippen molar-refractivity contribution in [2.75, 3.05) is 6.54 Å². The van der Waals surface area contributed by atoms with E-state index in [0.29, 0.717) is 13.0 Å². The molecule has 1 aromatic carbocycles. The van der Waals surface area contributed by atoms with Crippen LogP contribution in [0.5, 0.6) is 0 Å². The number of fused-ring (bicyclic) bond motifs is 1. The van der Waals surface area contributed by atoms with Crippen LogP contribution in [0.3, 0.4) is 0 Å². The Hall–Kier alpha value is -3.22. The second-order valence-electron chi connectivity index (χ2n) is 6.92. The number of nitrogens with zero attached hydrogens (tertiary/aromatic N) is 5. The molecule has 0 unspecified atom stereocenters. The summed E-state index contributed by atoms with van der Waals surface area (Å²) in [5, 5.41) is 15.8. The molecule has 1 N–H and O–H groups in total. The maximum atomic E-state index is 12.1. The van der Waals surface area contributed by atoms with Gasteiger partial charge in [-0.15, -0.1) is 10.2 Å². The lowest BCUT2D eigenvalue weighted by Crippen LogP contribution is -2.24. The van der Waals surface area contributed by atoms with Crippen LogP contribution in [-0.4, -0.2) is 37.0 Å². The summed E-state index contributed by atoms with van der Waals surface area (Å²) in [6, 6.07) is 9.87. The number of amides is 1. The van der Waals surface area contributed by atoms with Gasteiger partial charge < -0.3 is 9.88 Å². The lowest BCUT2D eigenvalue weighted by Gasteiger charge is -2.07. The molecule has 7 heteroatoms. The number of rotatable bonds is 6. The Kier molecular flexibility index (Phi) is 5.61. The highest BCUT2D eigenvalue weighted by molar-refractivity contribution is 5.91. The van der Waals surface area contributed by atoms with E-state index < -0.39 is 0 Å². The Morgan fingerprint density at radius 2 is 2.04 bits per heavy atom. The van der Waals surface area contributed by atoms with Gasteiger partial charge in [0.25, 0.3) is 0 Å². The third-order valence-electron chi connectivity index (χ3n) is 4.88. The van der Waals surface area contributed by atoms with Crippen molar-refractivity contribution in [3.05, 3.63) is 66.0 Å². The molecule has 0 fully saturated rings. The molecule has 28 heavy (non-hydrogen) atoms. The number of aryl methyl sites for hydroxylation is 1. The van der Waals surface area contributed by atoms with E-state index in [9.17, 15) is 4.79 Å². The van der Waals surface area contributed by atoms with Crippen LogP contribution in [0.2, 0.25) is 0 Å². The SMILES string of the molecule is O=C(/C=C/c1cnn(-c2ccccc2)c1)NCCc1nnc2n1CCCCC2. The third kappa shape index (κ3) is 4.36. The first kappa shape index (κ1) is 18.2. The minimum absolute atomic E-state index is 0.122. The average molecular weight is 376 g/mol. The molecule has 4 rings (SSSR count). The third-order valence-corrected chi connectivity index (χ3v) is 4.88. The van der Waals surface area contributed by atoms with Crippen molar-refractivity contribution in [2.45, 2.75) is 38.6 Å². The molecule has 1 amide bonds. The summed E-state index contributed by atoms with van der Waals surface area (Å²) in [5.74, 6) is 1.92. The summed E-state index contributed by atoms with van der Waals surface area (Å²) in [6.07, 6.45) is 12.2. The van der Waals surface area contributed by atoms with Gasteiger partial charge in [-0.1, -0.05) is 24.6 Å². The monoisotopic (exact) mass is 376 g/mol. The van der Waals surface area contributed by atoms with Gasteiger partial charge >= 0.3 is 0 Å². The van der Waals surface area contributed by atoms with E-state index in [1.807, 2.05) is 36.5 Å². The summed E-state index contributed by atoms with van der Waals surface area (Å²) in [4.78, 5) is 12.1. The molecule has 0 radical (unpaired) electrons. The zero-order chi connectivity index (χ0) is 19.2. The Bertz CT molecular complexity index is 956. The topological polar surface area (TPSA) is 77.6 Å². The van der Waals surface area contributed by atoms with E-state index in [4.69, 9.17) is 0 Å². The molecule has 0 bridgehead atoms. The summed E-state index contributed by atoms with van der Waals surface area (Å²) < 4.78 is 4.00. The second kappa shape index (κ2) is 8.65. The Morgan fingerprint density at radius 3 is 2.93 bits per heavy atom. The van der Waals surface area contributed by atoms with Gasteiger partial charge in [-0.2, -0.15) is 5.10 Å². The van der Waals surface area contributed by atoms with Crippen molar-refractivity contribution >= 4 is 12.0 Å². The fourth-order valence-corrected chi connectivity index (χ4v) is 3.40. The molecule has 144 valence electrons. The van der Waals surface area contributed by atoms with Crippen molar-refractivity contribution in [3.63, 3.8) is 0 Å². The summed E-state index contributed by atoms with van der Waals surface area (Å²) in [7, 11) is 0. The molecule has 2 aromatic heterocycles. The lowest BCUT2D eigenvalue weighted by atomic mass is 10.2. The standard InChI is InChI=1S/C21H24N6O/c28-21(11-10-17-15-23-27(16-17)18-7-3-1-4-8-18)22-13-12-20-25-24-19-9-5-2-6-14-26(19)20/h1,3-4,7-8,10-11,15-16H,2,5-6,9,12-14H2,(H,22,28)/b11-10+. The molecule has 0 spiro atoms. The number of nitrogens with one attached hydrogen (secondary N) is 1. The van der Waals surface area contributed by atoms with Crippen LogP contribution in [0, 0.1) is 0 Å². The number of benzene rings is 1. The minimum Gasteiger partial charge on any atom is -0.352 e. The number of aromatic nitrogens is 5. The smallest absolute Gasteiger partial charge is 0.244 e. The van der Waals surface area contributed by atoms with Crippen molar-refractivity contribution in [3.8, 4) is 5.69 Å². The molecular formula is C21H24N6O. The largest absolute Gasteiger partial charge is 0.352 e. The predicted octanol–water partition coefficient (Wildman–Crippen LogP) is 2.56. The highest BCUT2D eigenvalue weighted by atomic mass is 16.1. The quantitative estimate of drug-likeness (QED) is 0.671. The predicted molar refractivity (Wildman–Crippen MR) is 107 cm³/mol. The lowest BCUT2D eigenvalue weighted by molar-refractivity contribution is -0.116. The van der Waals surface area contributed by atoms with E-state index in [0.717, 1.165) is 35.9 Å². The van der Waals surface area contributed by atoms with Crippen LogP contribution in [0.25, 0.3) is 11.8 Å². The second-order valence-corrected chi connectivity index (χ2v) is 6.92. The Balaban J connectivity index is 1.28. The van der Waals surface area contributed by atoms with Crippen molar-refractivity contribution in [1.29, 1.82) is 0 Å². The van der Waals surface area contributed by atoms with Gasteiger partial charge in [0.1, 0.15) is 11.6 Å². The molecule has 1 aliphatic heterocycles. The zero-order valence-corrected chi connectivity index (χ0v) is 15.8. The van der Waals surface area contributed by atoms with Crippen molar-refractivity contribution in [2.24, 2.45) is 0 Å². The zero-order valence-electron chi connectivity index (χ0n) is 15.8. The summed E-state index contributed by atoms with van der Waals surface area (Å²) >= 11 is 0. The fourth-order valence-electron chi connectivity index (χ4n) is 3.40. The number of carbonyl (C=O) groups is 1. The van der Waals surface area contributed by atoms with E-state index in [1.165, 1.54) is 25.3 Å². The van der Waals surface area contributed by atoms with Crippen LogP contribution in [0.1, 0.15) is 36.5 Å². The average Bonchev–Trinajstić information content (AvgIpc) is 3.28. The molecule has 3 aromatic rings. The Labute approximate surface area is 164 Å². The van der Waals surface area contributed by atoms with Gasteiger partial charge in [0, 0.05) is 43.8 Å². The van der Waals surface area contributed by atoms with Gasteiger partial charge in [0.05, 0.1) is 11.9 Å². The Morgan fingerprint density at radius 1 is 1.14 bits per heavy atom. The van der Waals surface area contributed by atoms with E-state index in [1.54, 1.807) is 17.0 Å². The molecule has 7 nitrogen and oxygen atoms in total. The number of hydrogen-bond donors (Lipinski definition) is 1. The van der Waals surface area contributed by atoms with Crippen LogP contribution >= 0.6 is 0 Å². The van der Waals surface area contributed by atoms with Gasteiger partial charge in [-0.25, -0.2) is 4.68 Å². The van der Waals surface area contributed by atoms with Crippen molar-refractivity contribution in [1.82, 2.24) is 29.9 Å². The summed E-state index contributed by atoms with van der Waals surface area (Å²) in [6.45, 7) is 1.53. The molecule has 0 saturated heterocycles. The highest BCUT2D eigenvalue weighted by Gasteiger charge is 2.14. The molecule has 3 heterocycles. The van der Waals surface area contributed by atoms with Gasteiger partial charge in [-0.3, -0.25) is 4.79 Å². The molecule has 1 aliphatic rings. The fraction of sp³-hybridized carbons (Fsp3) is 0.333. The van der Waals surface area contributed by atoms with Crippen LogP contribution in [0.15, 0.2) is 48.8 Å². The normalized spacial score (nSPS) is 14.0. The van der Waals surface area contributed by atoms with E-state index >= 15 is 0 Å². The van der Waals surface area contributed by atoms with Crippen LogP contribution in [0.4, 0.5) is 0 Å². The first-order valence-electron chi connectivity index (χ1n) is 9.76. The van der Waals surface area contributed by atoms with E-state index in [-0.39, 0.29) is 5.91 Å². The first-order chi connectivity index (χ1) is 13.8.